The van der Waals surface area contributed by atoms with E-state index in [4.69, 9.17) is 21.5 Å². The second-order valence-electron chi connectivity index (χ2n) is 17.2. The lowest BCUT2D eigenvalue weighted by Gasteiger charge is -2.24. The molecule has 350 valence electrons. The Kier molecular flexibility index (Phi) is 11.5. The molecule has 0 saturated carbocycles. The van der Waals surface area contributed by atoms with E-state index in [2.05, 4.69) is 10.9 Å². The smallest absolute Gasteiger partial charge is 0.308 e. The SMILES string of the molecule is [C-]#[N+]c1cccc(-c2ccc3c(c2)c2cc(-c4cccc(C#N)c4)ccc2n3-c2c(-c3ccccc3C(F)(F)F)cc(-c3nc(-c4ccccc4)nc(-c4ccccc4)n3)cc2-c2ccccc2C(F)(F)F)c1. The van der Waals surface area contributed by atoms with Crippen LogP contribution >= 0.6 is 0 Å². The fourth-order valence-electron chi connectivity index (χ4n) is 9.43. The summed E-state index contributed by atoms with van der Waals surface area (Å²) in [5, 5.41) is 11.0. The van der Waals surface area contributed by atoms with Crippen LogP contribution < -0.4 is 0 Å². The summed E-state index contributed by atoms with van der Waals surface area (Å²) in [5.74, 6) is 0.479. The maximum atomic E-state index is 15.6. The molecule has 6 nitrogen and oxygen atoms in total. The highest BCUT2D eigenvalue weighted by atomic mass is 19.4. The minimum Gasteiger partial charge on any atom is -0.308 e. The quantitative estimate of drug-likeness (QED) is 0.112. The molecule has 0 aliphatic heterocycles. The van der Waals surface area contributed by atoms with Crippen molar-refractivity contribution in [2.75, 3.05) is 0 Å². The minimum absolute atomic E-state index is 0.00786. The van der Waals surface area contributed by atoms with Gasteiger partial charge in [-0.05, 0) is 100 Å². The standard InChI is InChI=1S/C61H34F6N6/c1-69-45-21-13-20-41(31-45)43-27-29-55-49(33-43)48-32-42(40-19-12-14-37(30-40)36-68)26-28-54(48)73(55)56-50(46-22-8-10-24-52(46)60(62,63)64)34-44(35-51(56)47-23-9-11-25-53(47)61(65,66)67)59-71-57(38-15-4-2-5-16-38)70-58(72-59)39-17-6-3-7-18-39/h2-35H. The van der Waals surface area contributed by atoms with Gasteiger partial charge in [0.1, 0.15) is 0 Å². The van der Waals surface area contributed by atoms with Crippen LogP contribution in [0.2, 0.25) is 0 Å². The normalized spacial score (nSPS) is 11.7. The molecule has 2 aromatic heterocycles. The molecule has 0 spiro atoms. The van der Waals surface area contributed by atoms with Gasteiger partial charge in [-0.2, -0.15) is 31.6 Å². The first-order chi connectivity index (χ1) is 35.4. The van der Waals surface area contributed by atoms with Crippen molar-refractivity contribution in [3.05, 3.63) is 234 Å². The monoisotopic (exact) mass is 964 g/mol. The van der Waals surface area contributed by atoms with E-state index in [1.165, 1.54) is 48.5 Å². The van der Waals surface area contributed by atoms with Gasteiger partial charge in [-0.25, -0.2) is 19.8 Å². The van der Waals surface area contributed by atoms with Crippen molar-refractivity contribution in [2.45, 2.75) is 12.4 Å². The number of alkyl halides is 6. The van der Waals surface area contributed by atoms with Gasteiger partial charge in [0.2, 0.25) is 0 Å². The molecule has 0 N–H and O–H groups in total. The van der Waals surface area contributed by atoms with Crippen LogP contribution in [0.4, 0.5) is 32.0 Å². The van der Waals surface area contributed by atoms with Crippen LogP contribution in [0.1, 0.15) is 16.7 Å². The molecule has 9 aromatic carbocycles. The van der Waals surface area contributed by atoms with Crippen LogP contribution in [0.5, 0.6) is 0 Å². The number of nitrogens with zero attached hydrogens (tertiary/aromatic N) is 6. The van der Waals surface area contributed by atoms with Gasteiger partial charge in [-0.3, -0.25) is 0 Å². The van der Waals surface area contributed by atoms with Crippen LogP contribution in [0.3, 0.4) is 0 Å². The summed E-state index contributed by atoms with van der Waals surface area (Å²) in [6.45, 7) is 7.68. The van der Waals surface area contributed by atoms with Gasteiger partial charge < -0.3 is 4.57 Å². The van der Waals surface area contributed by atoms with E-state index in [1.54, 1.807) is 102 Å². The van der Waals surface area contributed by atoms with Crippen LogP contribution in [0, 0.1) is 17.9 Å². The molecule has 2 heterocycles. The van der Waals surface area contributed by atoms with E-state index >= 15 is 26.3 Å². The first-order valence-electron chi connectivity index (χ1n) is 22.8. The number of hydrogen-bond acceptors (Lipinski definition) is 4. The lowest BCUT2D eigenvalue weighted by atomic mass is 9.88. The Bertz CT molecular complexity index is 3780. The first kappa shape index (κ1) is 45.8. The zero-order chi connectivity index (χ0) is 50.4. The lowest BCUT2D eigenvalue weighted by molar-refractivity contribution is -0.137. The van der Waals surface area contributed by atoms with Gasteiger partial charge in [-0.1, -0.05) is 140 Å². The molecule has 0 radical (unpaired) electrons. The van der Waals surface area contributed by atoms with Crippen LogP contribution in [-0.4, -0.2) is 19.5 Å². The molecule has 0 unspecified atom stereocenters. The van der Waals surface area contributed by atoms with Crippen LogP contribution in [0.15, 0.2) is 206 Å². The van der Waals surface area contributed by atoms with Gasteiger partial charge in [0.05, 0.1) is 46.1 Å². The number of fused-ring (bicyclic) bond motifs is 3. The highest BCUT2D eigenvalue weighted by Gasteiger charge is 2.37. The van der Waals surface area contributed by atoms with E-state index in [-0.39, 0.29) is 51.0 Å². The van der Waals surface area contributed by atoms with Gasteiger partial charge in [-0.15, -0.1) is 0 Å². The zero-order valence-corrected chi connectivity index (χ0v) is 38.1. The minimum atomic E-state index is -4.91. The summed E-state index contributed by atoms with van der Waals surface area (Å²) in [5.41, 5.74) is 3.24. The van der Waals surface area contributed by atoms with Crippen molar-refractivity contribution in [1.82, 2.24) is 19.5 Å². The Balaban J connectivity index is 1.31. The van der Waals surface area contributed by atoms with E-state index in [9.17, 15) is 5.26 Å². The highest BCUT2D eigenvalue weighted by molar-refractivity contribution is 6.13. The summed E-state index contributed by atoms with van der Waals surface area (Å²) >= 11 is 0. The molecule has 0 saturated heterocycles. The zero-order valence-electron chi connectivity index (χ0n) is 38.1. The van der Waals surface area contributed by atoms with Gasteiger partial charge in [0.15, 0.2) is 23.2 Å². The third-order valence-electron chi connectivity index (χ3n) is 12.7. The predicted octanol–water partition coefficient (Wildman–Crippen LogP) is 17.1. The molecular formula is C61H34F6N6. The fourth-order valence-corrected chi connectivity index (χ4v) is 9.43. The number of rotatable bonds is 8. The molecule has 0 aliphatic rings. The molecule has 73 heavy (non-hydrogen) atoms. The van der Waals surface area contributed by atoms with E-state index < -0.39 is 23.5 Å². The third kappa shape index (κ3) is 8.62. The van der Waals surface area contributed by atoms with Gasteiger partial charge >= 0.3 is 12.4 Å². The molecule has 12 heteroatoms. The molecule has 0 fully saturated rings. The second-order valence-corrected chi connectivity index (χ2v) is 17.2. The number of benzene rings is 9. The highest BCUT2D eigenvalue weighted by Crippen LogP contribution is 2.49. The Morgan fingerprint density at radius 2 is 0.836 bits per heavy atom. The maximum Gasteiger partial charge on any atom is 0.417 e. The summed E-state index contributed by atoms with van der Waals surface area (Å²) < 4.78 is 95.1. The predicted molar refractivity (Wildman–Crippen MR) is 273 cm³/mol. The Morgan fingerprint density at radius 3 is 1.32 bits per heavy atom. The first-order valence-corrected chi connectivity index (χ1v) is 22.8. The average molecular weight is 965 g/mol. The topological polar surface area (TPSA) is 71.8 Å². The fraction of sp³-hybridized carbons (Fsp3) is 0.0328. The van der Waals surface area contributed by atoms with Crippen molar-refractivity contribution >= 4 is 27.5 Å². The van der Waals surface area contributed by atoms with E-state index in [0.29, 0.717) is 60.9 Å². The number of aromatic nitrogens is 4. The van der Waals surface area contributed by atoms with Crippen molar-refractivity contribution in [3.63, 3.8) is 0 Å². The van der Waals surface area contributed by atoms with Crippen LogP contribution in [-0.2, 0) is 12.4 Å². The molecule has 0 bridgehead atoms. The molecular weight excluding hydrogens is 931 g/mol. The van der Waals surface area contributed by atoms with Crippen molar-refractivity contribution < 1.29 is 26.3 Å². The maximum absolute atomic E-state index is 15.6. The van der Waals surface area contributed by atoms with E-state index in [0.717, 1.165) is 17.7 Å². The van der Waals surface area contributed by atoms with Crippen molar-refractivity contribution in [1.29, 1.82) is 5.26 Å². The molecule has 0 atom stereocenters. The van der Waals surface area contributed by atoms with Crippen molar-refractivity contribution in [2.24, 2.45) is 0 Å². The van der Waals surface area contributed by atoms with Crippen LogP contribution in [0.25, 0.3) is 111 Å². The Labute approximate surface area is 414 Å². The Morgan fingerprint density at radius 1 is 0.411 bits per heavy atom. The number of nitriles is 1. The lowest BCUT2D eigenvalue weighted by Crippen LogP contribution is -2.11. The largest absolute Gasteiger partial charge is 0.417 e. The second kappa shape index (κ2) is 18.3. The summed E-state index contributed by atoms with van der Waals surface area (Å²) in [4.78, 5) is 18.2. The van der Waals surface area contributed by atoms with Crippen molar-refractivity contribution in [3.8, 4) is 90.4 Å². The Hall–Kier alpha value is -9.65. The number of halogens is 6. The average Bonchev–Trinajstić information content (AvgIpc) is 3.75. The summed E-state index contributed by atoms with van der Waals surface area (Å²) in [6.07, 6.45) is -9.82. The molecule has 11 rings (SSSR count). The number of hydrogen-bond donors (Lipinski definition) is 0. The van der Waals surface area contributed by atoms with Gasteiger partial charge in [0, 0.05) is 38.6 Å². The van der Waals surface area contributed by atoms with Gasteiger partial charge in [0.25, 0.3) is 0 Å². The molecule has 11 aromatic rings. The molecule has 0 amide bonds. The van der Waals surface area contributed by atoms with E-state index in [1.807, 2.05) is 48.5 Å². The third-order valence-corrected chi connectivity index (χ3v) is 12.7. The summed E-state index contributed by atoms with van der Waals surface area (Å²) in [7, 11) is 0. The molecule has 0 aliphatic carbocycles. The summed E-state index contributed by atoms with van der Waals surface area (Å²) in [6, 6.07) is 58.4.